The second-order valence-electron chi connectivity index (χ2n) is 5.39. The summed E-state index contributed by atoms with van der Waals surface area (Å²) < 4.78 is 18.5. The van der Waals surface area contributed by atoms with Gasteiger partial charge in [-0.15, -0.1) is 10.2 Å². The van der Waals surface area contributed by atoms with Gasteiger partial charge in [-0.3, -0.25) is 4.79 Å². The molecule has 0 aliphatic carbocycles. The van der Waals surface area contributed by atoms with Crippen LogP contribution in [0.5, 0.6) is 0 Å². The minimum Gasteiger partial charge on any atom is -0.411 e. The van der Waals surface area contributed by atoms with E-state index in [0.717, 1.165) is 11.1 Å². The van der Waals surface area contributed by atoms with E-state index in [2.05, 4.69) is 10.2 Å². The summed E-state index contributed by atoms with van der Waals surface area (Å²) in [4.78, 5) is 12.1. The molecular weight excluding hydrogens is 327 g/mol. The maximum Gasteiger partial charge on any atom is 0.277 e. The molecule has 3 aromatic rings. The van der Waals surface area contributed by atoms with Crippen molar-refractivity contribution in [2.75, 3.05) is 5.75 Å². The Morgan fingerprint density at radius 3 is 2.54 bits per heavy atom. The van der Waals surface area contributed by atoms with Gasteiger partial charge in [-0.25, -0.2) is 4.39 Å². The highest BCUT2D eigenvalue weighted by Gasteiger charge is 2.13. The van der Waals surface area contributed by atoms with Crippen molar-refractivity contribution >= 4 is 17.5 Å². The van der Waals surface area contributed by atoms with E-state index in [0.29, 0.717) is 16.7 Å². The van der Waals surface area contributed by atoms with Gasteiger partial charge in [-0.05, 0) is 61.4 Å². The first kappa shape index (κ1) is 16.4. The number of nitrogens with zero attached hydrogens (tertiary/aromatic N) is 2. The Hall–Kier alpha value is -2.47. The van der Waals surface area contributed by atoms with Gasteiger partial charge in [-0.1, -0.05) is 17.8 Å². The third-order valence-corrected chi connectivity index (χ3v) is 4.47. The fourth-order valence-electron chi connectivity index (χ4n) is 2.11. The number of rotatable bonds is 5. The number of aryl methyl sites for hydroxylation is 2. The largest absolute Gasteiger partial charge is 0.411 e. The van der Waals surface area contributed by atoms with Crippen LogP contribution in [-0.2, 0) is 0 Å². The molecule has 0 saturated heterocycles. The first-order valence-electron chi connectivity index (χ1n) is 7.35. The Kier molecular flexibility index (Phi) is 4.76. The summed E-state index contributed by atoms with van der Waals surface area (Å²) in [6, 6.07) is 11.4. The molecule has 0 aliphatic heterocycles. The number of aromatic nitrogens is 2. The molecule has 122 valence electrons. The number of carbonyl (C=O) groups is 1. The number of Topliss-reactive ketones (excluding diaryl/α,β-unsaturated/α-hetero) is 1. The van der Waals surface area contributed by atoms with Gasteiger partial charge in [0.15, 0.2) is 5.78 Å². The first-order chi connectivity index (χ1) is 11.5. The fourth-order valence-corrected chi connectivity index (χ4v) is 2.76. The number of hydrogen-bond acceptors (Lipinski definition) is 5. The summed E-state index contributed by atoms with van der Waals surface area (Å²) in [5.41, 5.74) is 3.64. The highest BCUT2D eigenvalue weighted by molar-refractivity contribution is 7.99. The Morgan fingerprint density at radius 2 is 1.83 bits per heavy atom. The number of benzene rings is 2. The quantitative estimate of drug-likeness (QED) is 0.506. The summed E-state index contributed by atoms with van der Waals surface area (Å²) in [5.74, 6) is 0.0927. The molecule has 0 unspecified atom stereocenters. The lowest BCUT2D eigenvalue weighted by atomic mass is 10.1. The van der Waals surface area contributed by atoms with Gasteiger partial charge < -0.3 is 4.42 Å². The zero-order valence-corrected chi connectivity index (χ0v) is 14.1. The van der Waals surface area contributed by atoms with Gasteiger partial charge in [0.1, 0.15) is 5.82 Å². The molecule has 2 aromatic carbocycles. The van der Waals surface area contributed by atoms with Crippen molar-refractivity contribution in [3.05, 3.63) is 65.0 Å². The van der Waals surface area contributed by atoms with Crippen molar-refractivity contribution in [1.82, 2.24) is 10.2 Å². The van der Waals surface area contributed by atoms with Crippen LogP contribution in [0.4, 0.5) is 4.39 Å². The average molecular weight is 342 g/mol. The van der Waals surface area contributed by atoms with E-state index in [4.69, 9.17) is 4.42 Å². The van der Waals surface area contributed by atoms with Crippen molar-refractivity contribution < 1.29 is 13.6 Å². The summed E-state index contributed by atoms with van der Waals surface area (Å²) >= 11 is 1.17. The van der Waals surface area contributed by atoms with Crippen LogP contribution >= 0.6 is 11.8 Å². The van der Waals surface area contributed by atoms with Crippen LogP contribution in [0.3, 0.4) is 0 Å². The van der Waals surface area contributed by atoms with Crippen molar-refractivity contribution in [3.8, 4) is 11.5 Å². The summed E-state index contributed by atoms with van der Waals surface area (Å²) in [7, 11) is 0. The zero-order chi connectivity index (χ0) is 17.1. The number of carbonyl (C=O) groups excluding carboxylic acids is 1. The van der Waals surface area contributed by atoms with Gasteiger partial charge in [-0.2, -0.15) is 0 Å². The Bertz CT molecular complexity index is 875. The number of thioether (sulfide) groups is 1. The molecule has 0 bridgehead atoms. The lowest BCUT2D eigenvalue weighted by Gasteiger charge is -2.01. The molecule has 3 rings (SSSR count). The van der Waals surface area contributed by atoms with Crippen LogP contribution < -0.4 is 0 Å². The maximum absolute atomic E-state index is 12.9. The highest BCUT2D eigenvalue weighted by atomic mass is 32.2. The monoisotopic (exact) mass is 342 g/mol. The topological polar surface area (TPSA) is 56.0 Å². The standard InChI is InChI=1S/C18H15FN2O2S/c1-11-3-4-14(9-12(11)2)17-20-21-18(23-17)24-10-16(22)13-5-7-15(19)8-6-13/h3-9H,10H2,1-2H3. The molecule has 1 aromatic heterocycles. The minimum atomic E-state index is -0.367. The fraction of sp³-hybridized carbons (Fsp3) is 0.167. The Balaban J connectivity index is 1.66. The third-order valence-electron chi connectivity index (χ3n) is 3.65. The molecule has 6 heteroatoms. The van der Waals surface area contributed by atoms with E-state index in [-0.39, 0.29) is 17.4 Å². The van der Waals surface area contributed by atoms with Gasteiger partial charge in [0.25, 0.3) is 5.22 Å². The molecule has 0 fully saturated rings. The lowest BCUT2D eigenvalue weighted by molar-refractivity contribution is 0.102. The molecule has 0 radical (unpaired) electrons. The van der Waals surface area contributed by atoms with Crippen molar-refractivity contribution in [2.24, 2.45) is 0 Å². The van der Waals surface area contributed by atoms with Crippen molar-refractivity contribution in [3.63, 3.8) is 0 Å². The second-order valence-corrected chi connectivity index (χ2v) is 6.32. The van der Waals surface area contributed by atoms with Gasteiger partial charge in [0, 0.05) is 11.1 Å². The van der Waals surface area contributed by atoms with E-state index in [1.807, 2.05) is 32.0 Å². The molecule has 0 saturated carbocycles. The van der Waals surface area contributed by atoms with Crippen LogP contribution in [0.1, 0.15) is 21.5 Å². The predicted molar refractivity (Wildman–Crippen MR) is 90.7 cm³/mol. The summed E-state index contributed by atoms with van der Waals surface area (Å²) in [6.45, 7) is 4.06. The van der Waals surface area contributed by atoms with Crippen molar-refractivity contribution in [2.45, 2.75) is 19.1 Å². The minimum absolute atomic E-state index is 0.120. The normalized spacial score (nSPS) is 10.8. The number of ketones is 1. The number of halogens is 1. The maximum atomic E-state index is 12.9. The first-order valence-corrected chi connectivity index (χ1v) is 8.34. The number of hydrogen-bond donors (Lipinski definition) is 0. The van der Waals surface area contributed by atoms with Crippen LogP contribution in [0.25, 0.3) is 11.5 Å². The van der Waals surface area contributed by atoms with Gasteiger partial charge >= 0.3 is 0 Å². The molecular formula is C18H15FN2O2S. The predicted octanol–water partition coefficient (Wildman–Crippen LogP) is 4.47. The van der Waals surface area contributed by atoms with E-state index < -0.39 is 0 Å². The van der Waals surface area contributed by atoms with Crippen LogP contribution in [0.15, 0.2) is 52.1 Å². The van der Waals surface area contributed by atoms with E-state index in [9.17, 15) is 9.18 Å². The SMILES string of the molecule is Cc1ccc(-c2nnc(SCC(=O)c3ccc(F)cc3)o2)cc1C. The highest BCUT2D eigenvalue weighted by Crippen LogP contribution is 2.25. The van der Waals surface area contributed by atoms with Crippen LogP contribution in [0, 0.1) is 19.7 Å². The molecule has 0 aliphatic rings. The van der Waals surface area contributed by atoms with E-state index in [1.54, 1.807) is 0 Å². The average Bonchev–Trinajstić information content (AvgIpc) is 3.05. The molecule has 24 heavy (non-hydrogen) atoms. The van der Waals surface area contributed by atoms with Crippen molar-refractivity contribution in [1.29, 1.82) is 0 Å². The summed E-state index contributed by atoms with van der Waals surface area (Å²) in [5, 5.41) is 8.31. The third kappa shape index (κ3) is 3.71. The lowest BCUT2D eigenvalue weighted by Crippen LogP contribution is -2.02. The summed E-state index contributed by atoms with van der Waals surface area (Å²) in [6.07, 6.45) is 0. The van der Waals surface area contributed by atoms with Crippen LogP contribution in [0.2, 0.25) is 0 Å². The molecule has 0 atom stereocenters. The van der Waals surface area contributed by atoms with E-state index in [1.165, 1.54) is 41.6 Å². The smallest absolute Gasteiger partial charge is 0.277 e. The molecule has 1 heterocycles. The van der Waals surface area contributed by atoms with E-state index >= 15 is 0 Å². The zero-order valence-electron chi connectivity index (χ0n) is 13.2. The molecule has 4 nitrogen and oxygen atoms in total. The van der Waals surface area contributed by atoms with Crippen LogP contribution in [-0.4, -0.2) is 21.7 Å². The molecule has 0 spiro atoms. The molecule has 0 N–H and O–H groups in total. The van der Waals surface area contributed by atoms with Gasteiger partial charge in [0.05, 0.1) is 5.75 Å². The molecule has 0 amide bonds. The Morgan fingerprint density at radius 1 is 1.08 bits per heavy atom. The second kappa shape index (κ2) is 6.97. The Labute approximate surface area is 143 Å². The van der Waals surface area contributed by atoms with Gasteiger partial charge in [0.2, 0.25) is 5.89 Å².